The van der Waals surface area contributed by atoms with Gasteiger partial charge in [0.1, 0.15) is 24.4 Å². The lowest BCUT2D eigenvalue weighted by Gasteiger charge is -2.67. The highest BCUT2D eigenvalue weighted by Crippen LogP contribution is 2.80. The first-order valence-corrected chi connectivity index (χ1v) is 18.7. The number of aliphatic hydroxyl groups excluding tert-OH is 3. The maximum Gasteiger partial charge on any atom is 0.341 e. The van der Waals surface area contributed by atoms with Gasteiger partial charge in [-0.1, -0.05) is 25.9 Å². The standard InChI is InChI=1S/C36H50N4O13/c1-12-19-22(34(6)35(7,48)31(47)53-36(34)29(12)52-36)25(45)20-18-21(27(49-13(2)41)30(33(19,20)5)50-14(3)42)32(4)15(11-16-26(51-16)28(32)46)23(24(18)44)39-17(43)9-8-10-38-40-37/h12,15-16,18-30,44-46,48H,8-11H2,1-7H3,(H,39,43)/t12-,15+,16-,18?,19-,20+,21?,22-,23-,24+,25+,26-,27-,28-,29+,30-,32-,33+,34-,35+,36-/m0/s1. The predicted molar refractivity (Wildman–Crippen MR) is 176 cm³/mol. The van der Waals surface area contributed by atoms with E-state index in [4.69, 9.17) is 29.2 Å². The van der Waals surface area contributed by atoms with Crippen molar-refractivity contribution in [1.82, 2.24) is 5.32 Å². The van der Waals surface area contributed by atoms with Crippen LogP contribution in [0.4, 0.5) is 0 Å². The molecule has 0 aromatic heterocycles. The van der Waals surface area contributed by atoms with E-state index in [9.17, 15) is 39.6 Å². The number of epoxide rings is 2. The zero-order valence-corrected chi connectivity index (χ0v) is 30.9. The van der Waals surface area contributed by atoms with Crippen LogP contribution in [0, 0.1) is 57.7 Å². The van der Waals surface area contributed by atoms with Crippen molar-refractivity contribution in [2.75, 3.05) is 6.54 Å². The Balaban J connectivity index is 1.32. The molecule has 5 N–H and O–H groups in total. The molecule has 1 amide bonds. The number of esters is 3. The van der Waals surface area contributed by atoms with Crippen molar-refractivity contribution in [3.63, 3.8) is 0 Å². The van der Waals surface area contributed by atoms with Gasteiger partial charge in [0.2, 0.25) is 11.7 Å². The van der Waals surface area contributed by atoms with Gasteiger partial charge in [0.25, 0.3) is 0 Å². The van der Waals surface area contributed by atoms with E-state index in [0.717, 1.165) is 0 Å². The van der Waals surface area contributed by atoms with Crippen LogP contribution in [-0.4, -0.2) is 117 Å². The quantitative estimate of drug-likeness (QED) is 0.0452. The molecule has 3 heterocycles. The van der Waals surface area contributed by atoms with Crippen LogP contribution in [-0.2, 0) is 42.9 Å². The molecule has 2 unspecified atom stereocenters. The largest absolute Gasteiger partial charge is 0.458 e. The smallest absolute Gasteiger partial charge is 0.341 e. The van der Waals surface area contributed by atoms with Crippen LogP contribution in [0.3, 0.4) is 0 Å². The summed E-state index contributed by atoms with van der Waals surface area (Å²) < 4.78 is 30.4. The van der Waals surface area contributed by atoms with E-state index in [1.165, 1.54) is 20.8 Å². The van der Waals surface area contributed by atoms with Crippen LogP contribution in [0.5, 0.6) is 0 Å². The maximum atomic E-state index is 13.5. The zero-order chi connectivity index (χ0) is 38.5. The second-order valence-electron chi connectivity index (χ2n) is 17.8. The fourth-order valence-electron chi connectivity index (χ4n) is 13.6. The number of rotatable bonds is 7. The summed E-state index contributed by atoms with van der Waals surface area (Å²) in [6.45, 7) is 11.1. The number of azide groups is 1. The van der Waals surface area contributed by atoms with Crippen molar-refractivity contribution in [2.24, 2.45) is 62.8 Å². The molecule has 5 saturated carbocycles. The average Bonchev–Trinajstić information content (AvgIpc) is 3.98. The van der Waals surface area contributed by atoms with Crippen molar-refractivity contribution < 1.29 is 63.3 Å². The second-order valence-corrected chi connectivity index (χ2v) is 17.8. The van der Waals surface area contributed by atoms with Gasteiger partial charge < -0.3 is 49.4 Å². The molecule has 5 aliphatic carbocycles. The Bertz CT molecular complexity index is 1690. The van der Waals surface area contributed by atoms with Crippen LogP contribution < -0.4 is 5.32 Å². The molecule has 17 nitrogen and oxygen atoms in total. The van der Waals surface area contributed by atoms with Gasteiger partial charge in [-0.15, -0.1) is 0 Å². The highest BCUT2D eigenvalue weighted by molar-refractivity contribution is 5.84. The molecular weight excluding hydrogens is 696 g/mol. The summed E-state index contributed by atoms with van der Waals surface area (Å²) in [7, 11) is 0. The van der Waals surface area contributed by atoms with Crippen LogP contribution in [0.1, 0.15) is 67.7 Å². The highest BCUT2D eigenvalue weighted by atomic mass is 16.8. The van der Waals surface area contributed by atoms with Gasteiger partial charge in [-0.05, 0) is 55.9 Å². The van der Waals surface area contributed by atoms with Crippen LogP contribution in [0.25, 0.3) is 10.4 Å². The molecule has 0 radical (unpaired) electrons. The van der Waals surface area contributed by atoms with Gasteiger partial charge in [-0.25, -0.2) is 4.79 Å². The fourth-order valence-corrected chi connectivity index (χ4v) is 13.6. The Morgan fingerprint density at radius 1 is 1.00 bits per heavy atom. The summed E-state index contributed by atoms with van der Waals surface area (Å²) in [4.78, 5) is 55.9. The van der Waals surface area contributed by atoms with E-state index < -0.39 is 142 Å². The summed E-state index contributed by atoms with van der Waals surface area (Å²) in [5.74, 6) is -9.76. The lowest BCUT2D eigenvalue weighted by molar-refractivity contribution is -0.285. The summed E-state index contributed by atoms with van der Waals surface area (Å²) in [6, 6.07) is -0.967. The minimum absolute atomic E-state index is 0.00809. The first-order valence-electron chi connectivity index (χ1n) is 18.7. The summed E-state index contributed by atoms with van der Waals surface area (Å²) in [5, 5.41) is 56.5. The third-order valence-electron chi connectivity index (χ3n) is 15.8. The number of amides is 1. The third kappa shape index (κ3) is 4.38. The normalized spacial score (nSPS) is 56.2. The van der Waals surface area contributed by atoms with Crippen molar-refractivity contribution in [3.05, 3.63) is 10.4 Å². The topological polar surface area (TPSA) is 263 Å². The number of fused-ring (bicyclic) bond motifs is 9. The molecule has 17 heteroatoms. The lowest BCUT2D eigenvalue weighted by atomic mass is 9.40. The molecule has 3 saturated heterocycles. The number of aliphatic hydroxyl groups is 4. The Labute approximate surface area is 306 Å². The SMILES string of the molecule is CC(=O)O[C@H]1C2C([C@@H](O)[C@@H](NC(=O)CCCN=[N+]=[N-])[C@H]3C[C@@H]4O[C@@H]4[C@H](O)[C@]23C)[C@@H]2[C@@H](O)[C@@H]3[C@H]([C@H](C)[C@H]4O[C@]45OC(=O)[C@@](C)(O)[C@]35C)[C@@]2(C)[C@H]1OC(C)=O. The number of carbonyl (C=O) groups is 4. The lowest BCUT2D eigenvalue weighted by Crippen LogP contribution is -2.76. The van der Waals surface area contributed by atoms with Crippen LogP contribution >= 0.6 is 0 Å². The first-order chi connectivity index (χ1) is 24.8. The Morgan fingerprint density at radius 3 is 2.32 bits per heavy atom. The van der Waals surface area contributed by atoms with E-state index in [2.05, 4.69) is 15.3 Å². The van der Waals surface area contributed by atoms with E-state index in [0.29, 0.717) is 6.42 Å². The van der Waals surface area contributed by atoms with E-state index in [-0.39, 0.29) is 25.5 Å². The average molecular weight is 747 g/mol. The number of carbonyl (C=O) groups excluding carboxylic acids is 4. The van der Waals surface area contributed by atoms with Crippen LogP contribution in [0.15, 0.2) is 5.11 Å². The maximum absolute atomic E-state index is 13.5. The molecule has 0 bridgehead atoms. The molecule has 0 aromatic rings. The highest BCUT2D eigenvalue weighted by Gasteiger charge is 2.93. The van der Waals surface area contributed by atoms with Crippen molar-refractivity contribution >= 4 is 23.8 Å². The zero-order valence-electron chi connectivity index (χ0n) is 30.9. The molecule has 292 valence electrons. The summed E-state index contributed by atoms with van der Waals surface area (Å²) >= 11 is 0. The molecule has 8 rings (SSSR count). The van der Waals surface area contributed by atoms with Gasteiger partial charge in [0, 0.05) is 60.3 Å². The number of hydrogen-bond acceptors (Lipinski definition) is 14. The molecule has 0 aromatic carbocycles. The van der Waals surface area contributed by atoms with E-state index in [1.54, 1.807) is 6.92 Å². The Kier molecular flexibility index (Phi) is 8.00. The Morgan fingerprint density at radius 2 is 1.68 bits per heavy atom. The summed E-state index contributed by atoms with van der Waals surface area (Å²) in [6.07, 6.45) is -7.39. The fraction of sp³-hybridized carbons (Fsp3) is 0.889. The predicted octanol–water partition coefficient (Wildman–Crippen LogP) is 0.488. The number of hydrogen-bond donors (Lipinski definition) is 5. The Hall–Kier alpha value is -3.05. The van der Waals surface area contributed by atoms with Crippen molar-refractivity contribution in [1.29, 1.82) is 0 Å². The van der Waals surface area contributed by atoms with Gasteiger partial charge in [0.15, 0.2) is 5.60 Å². The number of nitrogens with one attached hydrogen (secondary N) is 1. The monoisotopic (exact) mass is 746 g/mol. The molecule has 8 aliphatic rings. The summed E-state index contributed by atoms with van der Waals surface area (Å²) in [5.41, 5.74) is 2.52. The minimum Gasteiger partial charge on any atom is -0.458 e. The van der Waals surface area contributed by atoms with Crippen LogP contribution in [0.2, 0.25) is 0 Å². The van der Waals surface area contributed by atoms with Gasteiger partial charge in [0.05, 0.1) is 35.9 Å². The second kappa shape index (κ2) is 11.5. The number of nitrogens with zero attached hydrogens (tertiary/aromatic N) is 3. The van der Waals surface area contributed by atoms with Crippen molar-refractivity contribution in [3.8, 4) is 0 Å². The molecule has 3 aliphatic heterocycles. The molecule has 53 heavy (non-hydrogen) atoms. The molecule has 1 spiro atoms. The molecular formula is C36H50N4O13. The molecule has 21 atom stereocenters. The third-order valence-corrected chi connectivity index (χ3v) is 15.8. The van der Waals surface area contributed by atoms with Crippen molar-refractivity contribution in [2.45, 2.75) is 134 Å². The molecule has 8 fully saturated rings. The number of ether oxygens (including phenoxy) is 5. The minimum atomic E-state index is -2.12. The van der Waals surface area contributed by atoms with Gasteiger partial charge in [-0.3, -0.25) is 14.4 Å². The van der Waals surface area contributed by atoms with E-state index in [1.807, 2.05) is 20.8 Å². The van der Waals surface area contributed by atoms with E-state index >= 15 is 0 Å². The van der Waals surface area contributed by atoms with Gasteiger partial charge in [-0.2, -0.15) is 0 Å². The van der Waals surface area contributed by atoms with Gasteiger partial charge >= 0.3 is 17.9 Å². The first kappa shape index (κ1) is 36.9.